The molecule has 2 aliphatic heterocycles. The number of carbonyl (C=O) groups is 1. The lowest BCUT2D eigenvalue weighted by Gasteiger charge is -2.35. The van der Waals surface area contributed by atoms with Gasteiger partial charge in [0.2, 0.25) is 15.9 Å². The molecule has 1 unspecified atom stereocenters. The SMILES string of the molecule is CN(CCc1ccc(C2=NCCN2)cc1)C(=O)CCC1CCCCN1S(=O)(=O)c1cccc(Cl)c1Cl. The fourth-order valence-electron chi connectivity index (χ4n) is 4.71. The average Bonchev–Trinajstić information content (AvgIpc) is 3.43. The van der Waals surface area contributed by atoms with Crippen LogP contribution in [0.15, 0.2) is 52.4 Å². The van der Waals surface area contributed by atoms with Gasteiger partial charge in [-0.15, -0.1) is 0 Å². The van der Waals surface area contributed by atoms with Crippen molar-refractivity contribution in [1.82, 2.24) is 14.5 Å². The Hall–Kier alpha value is -2.13. The zero-order chi connectivity index (χ0) is 25.7. The van der Waals surface area contributed by atoms with Crippen molar-refractivity contribution in [2.45, 2.75) is 49.5 Å². The molecule has 0 aliphatic carbocycles. The molecule has 0 spiro atoms. The lowest BCUT2D eigenvalue weighted by molar-refractivity contribution is -0.130. The summed E-state index contributed by atoms with van der Waals surface area (Å²) in [7, 11) is -2.01. The van der Waals surface area contributed by atoms with Crippen molar-refractivity contribution in [3.63, 3.8) is 0 Å². The van der Waals surface area contributed by atoms with Crippen LogP contribution in [0.2, 0.25) is 10.0 Å². The summed E-state index contributed by atoms with van der Waals surface area (Å²) in [5, 5.41) is 3.52. The number of likely N-dealkylation sites (N-methyl/N-ethyl adjacent to an activating group) is 1. The van der Waals surface area contributed by atoms with E-state index in [1.807, 2.05) is 0 Å². The molecule has 1 N–H and O–H groups in total. The Balaban J connectivity index is 1.32. The number of aliphatic imine (C=N–C) groups is 1. The summed E-state index contributed by atoms with van der Waals surface area (Å²) in [5.74, 6) is 0.949. The van der Waals surface area contributed by atoms with Gasteiger partial charge in [-0.1, -0.05) is 60.0 Å². The third kappa shape index (κ3) is 6.22. The Morgan fingerprint density at radius 3 is 2.67 bits per heavy atom. The van der Waals surface area contributed by atoms with Crippen molar-refractivity contribution in [2.24, 2.45) is 4.99 Å². The highest BCUT2D eigenvalue weighted by Crippen LogP contribution is 2.34. The predicted molar refractivity (Wildman–Crippen MR) is 144 cm³/mol. The fraction of sp³-hybridized carbons (Fsp3) is 0.462. The van der Waals surface area contributed by atoms with E-state index in [0.717, 1.165) is 55.7 Å². The topological polar surface area (TPSA) is 82.1 Å². The summed E-state index contributed by atoms with van der Waals surface area (Å²) in [4.78, 5) is 19.0. The molecule has 1 atom stereocenters. The minimum Gasteiger partial charge on any atom is -0.368 e. The third-order valence-electron chi connectivity index (χ3n) is 6.83. The monoisotopic (exact) mass is 550 g/mol. The number of benzene rings is 2. The van der Waals surface area contributed by atoms with Crippen LogP contribution in [-0.4, -0.2) is 68.6 Å². The molecule has 2 aromatic carbocycles. The lowest BCUT2D eigenvalue weighted by Crippen LogP contribution is -2.44. The second-order valence-electron chi connectivity index (χ2n) is 9.28. The molecule has 1 amide bonds. The van der Waals surface area contributed by atoms with E-state index in [1.165, 1.54) is 10.4 Å². The van der Waals surface area contributed by atoms with Gasteiger partial charge < -0.3 is 10.2 Å². The summed E-state index contributed by atoms with van der Waals surface area (Å²) in [6, 6.07) is 12.7. The van der Waals surface area contributed by atoms with Crippen LogP contribution >= 0.6 is 23.2 Å². The van der Waals surface area contributed by atoms with Crippen molar-refractivity contribution in [1.29, 1.82) is 0 Å². The second-order valence-corrected chi connectivity index (χ2v) is 11.9. The molecule has 4 rings (SSSR count). The molecule has 2 aromatic rings. The lowest BCUT2D eigenvalue weighted by atomic mass is 10.00. The number of halogens is 2. The van der Waals surface area contributed by atoms with E-state index in [4.69, 9.17) is 23.2 Å². The van der Waals surface area contributed by atoms with Crippen LogP contribution < -0.4 is 5.32 Å². The van der Waals surface area contributed by atoms with Gasteiger partial charge in [-0.05, 0) is 43.4 Å². The number of sulfonamides is 1. The van der Waals surface area contributed by atoms with E-state index in [2.05, 4.69) is 34.6 Å². The minimum atomic E-state index is -3.81. The number of piperidine rings is 1. The number of hydrogen-bond acceptors (Lipinski definition) is 5. The molecule has 36 heavy (non-hydrogen) atoms. The standard InChI is InChI=1S/C26H32Cl2N4O3S/c1-31(18-14-19-8-10-20(11-9-19)26-29-15-16-30-26)24(33)13-12-21-5-2-3-17-32(21)36(34,35)23-7-4-6-22(27)25(23)28/h4,6-11,21H,2-3,5,12-18H2,1H3,(H,29,30). The van der Waals surface area contributed by atoms with Crippen LogP contribution in [0.1, 0.15) is 43.2 Å². The number of amides is 1. The largest absolute Gasteiger partial charge is 0.368 e. The maximum atomic E-state index is 13.4. The highest BCUT2D eigenvalue weighted by molar-refractivity contribution is 7.89. The van der Waals surface area contributed by atoms with Gasteiger partial charge in [-0.25, -0.2) is 8.42 Å². The molecule has 1 saturated heterocycles. The van der Waals surface area contributed by atoms with Gasteiger partial charge >= 0.3 is 0 Å². The normalized spacial score (nSPS) is 18.5. The predicted octanol–water partition coefficient (Wildman–Crippen LogP) is 4.37. The van der Waals surface area contributed by atoms with Gasteiger partial charge in [0.25, 0.3) is 0 Å². The Morgan fingerprint density at radius 1 is 1.17 bits per heavy atom. The summed E-state index contributed by atoms with van der Waals surface area (Å²) in [6.45, 7) is 2.70. The third-order valence-corrected chi connectivity index (χ3v) is 9.76. The number of nitrogens with one attached hydrogen (secondary N) is 1. The van der Waals surface area contributed by atoms with Crippen molar-refractivity contribution in [2.75, 3.05) is 33.2 Å². The molecule has 2 aliphatic rings. The molecular weight excluding hydrogens is 519 g/mol. The smallest absolute Gasteiger partial charge is 0.244 e. The van der Waals surface area contributed by atoms with Crippen molar-refractivity contribution < 1.29 is 13.2 Å². The molecular formula is C26H32Cl2N4O3S. The number of nitrogens with zero attached hydrogens (tertiary/aromatic N) is 3. The van der Waals surface area contributed by atoms with E-state index < -0.39 is 10.0 Å². The first kappa shape index (κ1) is 26.9. The van der Waals surface area contributed by atoms with Gasteiger partial charge in [0.15, 0.2) is 0 Å². The van der Waals surface area contributed by atoms with Crippen molar-refractivity contribution >= 4 is 45.0 Å². The number of hydrogen-bond donors (Lipinski definition) is 1. The summed E-state index contributed by atoms with van der Waals surface area (Å²) < 4.78 is 28.3. The maximum Gasteiger partial charge on any atom is 0.244 e. The quantitative estimate of drug-likeness (QED) is 0.502. The van der Waals surface area contributed by atoms with E-state index in [9.17, 15) is 13.2 Å². The molecule has 10 heteroatoms. The summed E-state index contributed by atoms with van der Waals surface area (Å²) in [6.07, 6.45) is 3.96. The number of rotatable bonds is 9. The molecule has 0 radical (unpaired) electrons. The van der Waals surface area contributed by atoms with E-state index in [0.29, 0.717) is 25.9 Å². The number of carbonyl (C=O) groups excluding carboxylic acids is 1. The molecule has 0 aromatic heterocycles. The van der Waals surface area contributed by atoms with Gasteiger partial charge in [0.05, 0.1) is 16.6 Å². The Kier molecular flexibility index (Phi) is 8.93. The zero-order valence-electron chi connectivity index (χ0n) is 20.4. The zero-order valence-corrected chi connectivity index (χ0v) is 22.7. The van der Waals surface area contributed by atoms with Crippen LogP contribution in [0.3, 0.4) is 0 Å². The molecule has 0 bridgehead atoms. The highest BCUT2D eigenvalue weighted by Gasteiger charge is 2.35. The first-order chi connectivity index (χ1) is 17.3. The van der Waals surface area contributed by atoms with Crippen molar-refractivity contribution in [3.8, 4) is 0 Å². The van der Waals surface area contributed by atoms with Gasteiger partial charge in [0.1, 0.15) is 10.7 Å². The molecule has 194 valence electrons. The van der Waals surface area contributed by atoms with Crippen LogP contribution in [-0.2, 0) is 21.2 Å². The van der Waals surface area contributed by atoms with Crippen LogP contribution in [0.5, 0.6) is 0 Å². The Bertz CT molecular complexity index is 1220. The summed E-state index contributed by atoms with van der Waals surface area (Å²) >= 11 is 12.3. The second kappa shape index (κ2) is 11.9. The molecule has 2 heterocycles. The Morgan fingerprint density at radius 2 is 1.94 bits per heavy atom. The van der Waals surface area contributed by atoms with Crippen LogP contribution in [0.25, 0.3) is 0 Å². The van der Waals surface area contributed by atoms with Gasteiger partial charge in [-0.3, -0.25) is 9.79 Å². The van der Waals surface area contributed by atoms with Gasteiger partial charge in [0, 0.05) is 44.7 Å². The first-order valence-corrected chi connectivity index (χ1v) is 14.5. The average molecular weight is 552 g/mol. The van der Waals surface area contributed by atoms with Crippen LogP contribution in [0.4, 0.5) is 0 Å². The summed E-state index contributed by atoms with van der Waals surface area (Å²) in [5.41, 5.74) is 2.23. The van der Waals surface area contributed by atoms with E-state index in [-0.39, 0.29) is 26.9 Å². The van der Waals surface area contributed by atoms with Crippen LogP contribution in [0, 0.1) is 0 Å². The highest BCUT2D eigenvalue weighted by atomic mass is 35.5. The Labute approximate surface area is 223 Å². The minimum absolute atomic E-state index is 0.0137. The number of amidine groups is 1. The fourth-order valence-corrected chi connectivity index (χ4v) is 7.17. The molecule has 7 nitrogen and oxygen atoms in total. The van der Waals surface area contributed by atoms with E-state index >= 15 is 0 Å². The molecule has 1 fully saturated rings. The molecule has 0 saturated carbocycles. The van der Waals surface area contributed by atoms with E-state index in [1.54, 1.807) is 24.1 Å². The van der Waals surface area contributed by atoms with Crippen molar-refractivity contribution in [3.05, 3.63) is 63.6 Å². The first-order valence-electron chi connectivity index (χ1n) is 12.3. The van der Waals surface area contributed by atoms with Gasteiger partial charge in [-0.2, -0.15) is 4.31 Å². The maximum absolute atomic E-state index is 13.4.